The monoisotopic (exact) mass is 425 g/mol. The first kappa shape index (κ1) is 22.6. The Hall–Kier alpha value is -3.06. The highest BCUT2D eigenvalue weighted by atomic mass is 16.5. The fourth-order valence-corrected chi connectivity index (χ4v) is 3.88. The molecule has 7 heteroatoms. The van der Waals surface area contributed by atoms with Gasteiger partial charge in [0.1, 0.15) is 0 Å². The number of likely N-dealkylation sites (N-methyl/N-ethyl adjacent to an activating group) is 1. The van der Waals surface area contributed by atoms with Gasteiger partial charge in [-0.1, -0.05) is 18.2 Å². The molecule has 2 aromatic rings. The van der Waals surface area contributed by atoms with Crippen molar-refractivity contribution in [3.63, 3.8) is 0 Å². The van der Waals surface area contributed by atoms with Crippen LogP contribution in [-0.4, -0.2) is 62.5 Å². The van der Waals surface area contributed by atoms with E-state index in [1.54, 1.807) is 21.3 Å². The Morgan fingerprint density at radius 2 is 1.68 bits per heavy atom. The molecule has 3 rings (SSSR count). The molecule has 7 nitrogen and oxygen atoms in total. The van der Waals surface area contributed by atoms with Crippen molar-refractivity contribution in [1.29, 1.82) is 0 Å². The second-order valence-electron chi connectivity index (χ2n) is 8.00. The summed E-state index contributed by atoms with van der Waals surface area (Å²) in [5.41, 5.74) is 5.16. The van der Waals surface area contributed by atoms with Crippen molar-refractivity contribution in [1.82, 2.24) is 9.80 Å². The molecule has 2 aromatic carbocycles. The molecule has 2 amide bonds. The van der Waals surface area contributed by atoms with Gasteiger partial charge in [-0.05, 0) is 54.7 Å². The van der Waals surface area contributed by atoms with Crippen molar-refractivity contribution in [2.75, 3.05) is 46.2 Å². The van der Waals surface area contributed by atoms with E-state index in [1.807, 2.05) is 44.2 Å². The number of nitrogens with zero attached hydrogens (tertiary/aromatic N) is 2. The third-order valence-electron chi connectivity index (χ3n) is 5.71. The molecule has 0 aliphatic carbocycles. The lowest BCUT2D eigenvalue weighted by molar-refractivity contribution is -0.134. The van der Waals surface area contributed by atoms with Crippen molar-refractivity contribution in [2.45, 2.75) is 26.8 Å². The van der Waals surface area contributed by atoms with Crippen LogP contribution < -0.4 is 14.8 Å². The Bertz CT molecular complexity index is 953. The van der Waals surface area contributed by atoms with Crippen LogP contribution in [0.3, 0.4) is 0 Å². The van der Waals surface area contributed by atoms with Gasteiger partial charge in [-0.2, -0.15) is 0 Å². The number of ether oxygens (including phenoxy) is 2. The predicted octanol–water partition coefficient (Wildman–Crippen LogP) is 2.78. The molecule has 0 fully saturated rings. The number of para-hydroxylation sites is 1. The lowest BCUT2D eigenvalue weighted by Gasteiger charge is -2.30. The van der Waals surface area contributed by atoms with E-state index in [-0.39, 0.29) is 24.9 Å². The maximum atomic E-state index is 12.7. The predicted molar refractivity (Wildman–Crippen MR) is 121 cm³/mol. The number of fused-ring (bicyclic) bond motifs is 1. The zero-order chi connectivity index (χ0) is 22.5. The van der Waals surface area contributed by atoms with Crippen molar-refractivity contribution in [3.8, 4) is 11.5 Å². The molecular formula is C24H31N3O4. The number of nitrogens with one attached hydrogen (secondary N) is 1. The van der Waals surface area contributed by atoms with Crippen LogP contribution in [0, 0.1) is 13.8 Å². The summed E-state index contributed by atoms with van der Waals surface area (Å²) in [6.45, 7) is 5.62. The molecule has 0 radical (unpaired) electrons. The zero-order valence-electron chi connectivity index (χ0n) is 18.9. The van der Waals surface area contributed by atoms with Crippen LogP contribution in [0.4, 0.5) is 5.69 Å². The van der Waals surface area contributed by atoms with E-state index in [0.29, 0.717) is 12.3 Å². The fourth-order valence-electron chi connectivity index (χ4n) is 3.88. The van der Waals surface area contributed by atoms with Gasteiger partial charge < -0.3 is 19.7 Å². The Kier molecular flexibility index (Phi) is 7.17. The van der Waals surface area contributed by atoms with Crippen LogP contribution in [0.25, 0.3) is 0 Å². The highest BCUT2D eigenvalue weighted by molar-refractivity contribution is 5.95. The summed E-state index contributed by atoms with van der Waals surface area (Å²) >= 11 is 0. The molecule has 0 saturated heterocycles. The molecule has 31 heavy (non-hydrogen) atoms. The average Bonchev–Trinajstić information content (AvgIpc) is 2.75. The van der Waals surface area contributed by atoms with Crippen LogP contribution in [0.2, 0.25) is 0 Å². The molecule has 0 spiro atoms. The van der Waals surface area contributed by atoms with Crippen molar-refractivity contribution in [2.24, 2.45) is 0 Å². The molecular weight excluding hydrogens is 394 g/mol. The van der Waals surface area contributed by atoms with E-state index in [1.165, 1.54) is 10.5 Å². The van der Waals surface area contributed by atoms with Gasteiger partial charge >= 0.3 is 0 Å². The molecule has 0 saturated carbocycles. The molecule has 1 aliphatic rings. The van der Waals surface area contributed by atoms with Gasteiger partial charge in [0, 0.05) is 25.8 Å². The molecule has 0 bridgehead atoms. The second kappa shape index (κ2) is 9.83. The van der Waals surface area contributed by atoms with Gasteiger partial charge in [0.2, 0.25) is 11.8 Å². The minimum atomic E-state index is -0.200. The van der Waals surface area contributed by atoms with Crippen LogP contribution in [0.15, 0.2) is 30.3 Å². The van der Waals surface area contributed by atoms with Crippen molar-refractivity contribution >= 4 is 17.5 Å². The normalized spacial score (nSPS) is 13.3. The number of amides is 2. The molecule has 0 unspecified atom stereocenters. The Balaban J connectivity index is 1.57. The van der Waals surface area contributed by atoms with Crippen LogP contribution in [0.1, 0.15) is 22.3 Å². The summed E-state index contributed by atoms with van der Waals surface area (Å²) in [4.78, 5) is 28.8. The molecule has 0 aromatic heterocycles. The summed E-state index contributed by atoms with van der Waals surface area (Å²) in [6, 6.07) is 9.86. The maximum Gasteiger partial charge on any atom is 0.243 e. The van der Waals surface area contributed by atoms with Crippen molar-refractivity contribution in [3.05, 3.63) is 52.6 Å². The van der Waals surface area contributed by atoms with E-state index >= 15 is 0 Å². The van der Waals surface area contributed by atoms with E-state index < -0.39 is 0 Å². The maximum absolute atomic E-state index is 12.7. The van der Waals surface area contributed by atoms with Crippen LogP contribution >= 0.6 is 0 Å². The molecule has 0 atom stereocenters. The van der Waals surface area contributed by atoms with Gasteiger partial charge in [-0.25, -0.2) is 0 Å². The first-order chi connectivity index (χ1) is 14.8. The van der Waals surface area contributed by atoms with E-state index in [0.717, 1.165) is 41.1 Å². The fraction of sp³-hybridized carbons (Fsp3) is 0.417. The number of carbonyl (C=O) groups is 2. The third-order valence-corrected chi connectivity index (χ3v) is 5.71. The van der Waals surface area contributed by atoms with Crippen molar-refractivity contribution < 1.29 is 19.1 Å². The number of anilines is 1. The smallest absolute Gasteiger partial charge is 0.243 e. The zero-order valence-corrected chi connectivity index (χ0v) is 18.9. The highest BCUT2D eigenvalue weighted by Crippen LogP contribution is 2.33. The number of aryl methyl sites for hydroxylation is 2. The van der Waals surface area contributed by atoms with Gasteiger partial charge in [-0.3, -0.25) is 14.5 Å². The Morgan fingerprint density at radius 3 is 2.29 bits per heavy atom. The highest BCUT2D eigenvalue weighted by Gasteiger charge is 2.23. The molecule has 1 aliphatic heterocycles. The van der Waals surface area contributed by atoms with Gasteiger partial charge in [-0.15, -0.1) is 0 Å². The minimum Gasteiger partial charge on any atom is -0.493 e. The van der Waals surface area contributed by atoms with E-state index in [4.69, 9.17) is 9.47 Å². The first-order valence-electron chi connectivity index (χ1n) is 10.4. The number of carbonyl (C=O) groups excluding carboxylic acids is 2. The molecule has 1 heterocycles. The largest absolute Gasteiger partial charge is 0.493 e. The average molecular weight is 426 g/mol. The van der Waals surface area contributed by atoms with Gasteiger partial charge in [0.05, 0.1) is 27.3 Å². The number of rotatable bonds is 7. The quantitative estimate of drug-likeness (QED) is 0.739. The summed E-state index contributed by atoms with van der Waals surface area (Å²) in [5.74, 6) is 1.13. The lowest BCUT2D eigenvalue weighted by Crippen LogP contribution is -2.43. The van der Waals surface area contributed by atoms with Gasteiger partial charge in [0.25, 0.3) is 0 Å². The number of methoxy groups -OCH3 is 2. The van der Waals surface area contributed by atoms with Gasteiger partial charge in [0.15, 0.2) is 11.5 Å². The van der Waals surface area contributed by atoms with Crippen LogP contribution in [-0.2, 0) is 22.6 Å². The molecule has 166 valence electrons. The number of hydrogen-bond donors (Lipinski definition) is 1. The third kappa shape index (κ3) is 5.35. The summed E-state index contributed by atoms with van der Waals surface area (Å²) in [7, 11) is 4.91. The summed E-state index contributed by atoms with van der Waals surface area (Å²) < 4.78 is 10.8. The number of hydrogen-bond acceptors (Lipinski definition) is 5. The Morgan fingerprint density at radius 1 is 1.06 bits per heavy atom. The SMILES string of the molecule is COc1cc2c(cc1OC)CN(CC(=O)N(C)CC(=O)Nc1c(C)cccc1C)CC2. The molecule has 1 N–H and O–H groups in total. The van der Waals surface area contributed by atoms with E-state index in [2.05, 4.69) is 10.2 Å². The summed E-state index contributed by atoms with van der Waals surface area (Å²) in [6.07, 6.45) is 0.833. The van der Waals surface area contributed by atoms with E-state index in [9.17, 15) is 9.59 Å². The minimum absolute atomic E-state index is 0.0159. The second-order valence-corrected chi connectivity index (χ2v) is 8.00. The summed E-state index contributed by atoms with van der Waals surface area (Å²) in [5, 5.41) is 2.93. The Labute approximate surface area is 183 Å². The number of benzene rings is 2. The van der Waals surface area contributed by atoms with Crippen LogP contribution in [0.5, 0.6) is 11.5 Å². The standard InChI is InChI=1S/C24H31N3O4/c1-16-7-6-8-17(2)24(16)25-22(28)14-26(3)23(29)15-27-10-9-18-11-20(30-4)21(31-5)12-19(18)13-27/h6-8,11-12H,9-10,13-15H2,1-5H3,(H,25,28). The first-order valence-corrected chi connectivity index (χ1v) is 10.4. The lowest BCUT2D eigenvalue weighted by atomic mass is 9.99. The topological polar surface area (TPSA) is 71.1 Å².